The van der Waals surface area contributed by atoms with Gasteiger partial charge in [-0.2, -0.15) is 15.5 Å². The quantitative estimate of drug-likeness (QED) is 0.522. The molecule has 0 aliphatic carbocycles. The monoisotopic (exact) mass is 338 g/mol. The maximum Gasteiger partial charge on any atom is 0.120 e. The van der Waals surface area contributed by atoms with Crippen LogP contribution in [0.15, 0.2) is 41.4 Å². The van der Waals surface area contributed by atoms with Gasteiger partial charge in [0.25, 0.3) is 0 Å². The molecule has 120 valence electrons. The van der Waals surface area contributed by atoms with Gasteiger partial charge < -0.3 is 15.2 Å². The van der Waals surface area contributed by atoms with Crippen LogP contribution in [0, 0.1) is 22.7 Å². The van der Waals surface area contributed by atoms with E-state index in [0.29, 0.717) is 34.0 Å². The molecule has 0 bridgehead atoms. The number of thiocarbonyl (C=S) groups is 1. The number of hydrogen-bond donors (Lipinski definition) is 1. The van der Waals surface area contributed by atoms with E-state index in [1.165, 1.54) is 0 Å². The fourth-order valence-electron chi connectivity index (χ4n) is 1.64. The van der Waals surface area contributed by atoms with Crippen molar-refractivity contribution in [1.29, 1.82) is 10.5 Å². The molecule has 0 saturated heterocycles. The average molecular weight is 338 g/mol. The number of hydrogen-bond acceptors (Lipinski definition) is 7. The van der Waals surface area contributed by atoms with Crippen molar-refractivity contribution in [2.24, 2.45) is 4.99 Å². The summed E-state index contributed by atoms with van der Waals surface area (Å²) in [5.41, 5.74) is 7.34. The minimum Gasteiger partial charge on any atom is -0.497 e. The fourth-order valence-corrected chi connectivity index (χ4v) is 1.74. The van der Waals surface area contributed by atoms with Gasteiger partial charge >= 0.3 is 0 Å². The third-order valence-electron chi connectivity index (χ3n) is 2.87. The lowest BCUT2D eigenvalue weighted by Crippen LogP contribution is -1.91. The van der Waals surface area contributed by atoms with E-state index in [-0.39, 0.29) is 0 Å². The van der Waals surface area contributed by atoms with Crippen LogP contribution in [0.25, 0.3) is 0 Å². The molecule has 0 unspecified atom stereocenters. The molecule has 7 heteroatoms. The van der Waals surface area contributed by atoms with Gasteiger partial charge in [0, 0.05) is 11.8 Å². The Balaban J connectivity index is 0.000000243. The number of nitrogens with two attached hydrogens (primary N) is 1. The largest absolute Gasteiger partial charge is 0.497 e. The van der Waals surface area contributed by atoms with Gasteiger partial charge in [0.1, 0.15) is 23.6 Å². The summed E-state index contributed by atoms with van der Waals surface area (Å²) in [5.74, 6) is 1.27. The van der Waals surface area contributed by atoms with E-state index in [0.717, 1.165) is 0 Å². The first-order chi connectivity index (χ1) is 11.6. The number of isothiocyanates is 1. The Hall–Kier alpha value is -3.38. The van der Waals surface area contributed by atoms with Gasteiger partial charge in [0.05, 0.1) is 36.2 Å². The van der Waals surface area contributed by atoms with Crippen molar-refractivity contribution in [3.63, 3.8) is 0 Å². The number of nitrogens with zero attached hydrogens (tertiary/aromatic N) is 3. The Morgan fingerprint density at radius 3 is 2.00 bits per heavy atom. The maximum absolute atomic E-state index is 8.74. The Bertz CT molecular complexity index is 847. The highest BCUT2D eigenvalue weighted by Gasteiger charge is 2.01. The number of nitrogen functional groups attached to an aromatic ring is 1. The van der Waals surface area contributed by atoms with Crippen LogP contribution in [0.3, 0.4) is 0 Å². The number of anilines is 1. The average Bonchev–Trinajstić information content (AvgIpc) is 2.63. The number of nitriles is 2. The second-order valence-corrected chi connectivity index (χ2v) is 4.45. The summed E-state index contributed by atoms with van der Waals surface area (Å²) in [5, 5.41) is 19.5. The maximum atomic E-state index is 8.74. The highest BCUT2D eigenvalue weighted by molar-refractivity contribution is 7.78. The zero-order valence-electron chi connectivity index (χ0n) is 13.1. The Labute approximate surface area is 145 Å². The number of rotatable bonds is 3. The first kappa shape index (κ1) is 18.7. The van der Waals surface area contributed by atoms with E-state index in [9.17, 15) is 0 Å². The smallest absolute Gasteiger partial charge is 0.120 e. The van der Waals surface area contributed by atoms with Crippen LogP contribution in [0.1, 0.15) is 11.1 Å². The summed E-state index contributed by atoms with van der Waals surface area (Å²) in [6.07, 6.45) is 0. The van der Waals surface area contributed by atoms with Crippen LogP contribution in [-0.4, -0.2) is 19.4 Å². The van der Waals surface area contributed by atoms with Crippen molar-refractivity contribution in [3.05, 3.63) is 47.5 Å². The highest BCUT2D eigenvalue weighted by atomic mass is 32.1. The van der Waals surface area contributed by atoms with Crippen molar-refractivity contribution in [3.8, 4) is 23.6 Å². The SMILES string of the molecule is COc1ccc(N)c(C#N)c1.COc1ccc(N=C=S)c(C#N)c1. The second kappa shape index (κ2) is 9.60. The number of benzene rings is 2. The van der Waals surface area contributed by atoms with Gasteiger partial charge in [0.15, 0.2) is 0 Å². The van der Waals surface area contributed by atoms with Crippen molar-refractivity contribution in [2.75, 3.05) is 20.0 Å². The Kier molecular flexibility index (Phi) is 7.47. The molecular formula is C17H14N4O2S. The van der Waals surface area contributed by atoms with E-state index < -0.39 is 0 Å². The van der Waals surface area contributed by atoms with E-state index in [2.05, 4.69) is 22.4 Å². The van der Waals surface area contributed by atoms with Gasteiger partial charge in [-0.15, -0.1) is 0 Å². The molecule has 0 amide bonds. The third kappa shape index (κ3) is 5.11. The summed E-state index contributed by atoms with van der Waals surface area (Å²) in [4.78, 5) is 3.74. The molecule has 2 N–H and O–H groups in total. The van der Waals surface area contributed by atoms with Gasteiger partial charge in [-0.25, -0.2) is 0 Å². The zero-order chi connectivity index (χ0) is 17.9. The Morgan fingerprint density at radius 1 is 0.958 bits per heavy atom. The first-order valence-electron chi connectivity index (χ1n) is 6.59. The van der Waals surface area contributed by atoms with E-state index in [4.69, 9.17) is 25.7 Å². The normalized spacial score (nSPS) is 8.50. The molecule has 0 saturated carbocycles. The Morgan fingerprint density at radius 2 is 1.50 bits per heavy atom. The summed E-state index contributed by atoms with van der Waals surface area (Å²) in [6, 6.07) is 13.9. The van der Waals surface area contributed by atoms with E-state index >= 15 is 0 Å². The van der Waals surface area contributed by atoms with Crippen molar-refractivity contribution in [2.45, 2.75) is 0 Å². The van der Waals surface area contributed by atoms with Gasteiger partial charge in [-0.3, -0.25) is 0 Å². The van der Waals surface area contributed by atoms with Crippen molar-refractivity contribution < 1.29 is 9.47 Å². The molecule has 2 rings (SSSR count). The summed E-state index contributed by atoms with van der Waals surface area (Å²) < 4.78 is 9.86. The van der Waals surface area contributed by atoms with Crippen LogP contribution < -0.4 is 15.2 Å². The van der Waals surface area contributed by atoms with E-state index in [1.54, 1.807) is 50.6 Å². The van der Waals surface area contributed by atoms with Crippen LogP contribution in [0.2, 0.25) is 0 Å². The number of aliphatic imine (C=N–C) groups is 1. The van der Waals surface area contributed by atoms with Crippen molar-refractivity contribution in [1.82, 2.24) is 0 Å². The topological polar surface area (TPSA) is 104 Å². The molecule has 0 aliphatic rings. The number of methoxy groups -OCH3 is 2. The molecule has 0 aliphatic heterocycles. The van der Waals surface area contributed by atoms with Crippen LogP contribution >= 0.6 is 12.2 Å². The summed E-state index contributed by atoms with van der Waals surface area (Å²) >= 11 is 4.45. The molecule has 24 heavy (non-hydrogen) atoms. The minimum atomic E-state index is 0.428. The molecule has 0 radical (unpaired) electrons. The molecule has 6 nitrogen and oxygen atoms in total. The van der Waals surface area contributed by atoms with Crippen LogP contribution in [0.4, 0.5) is 11.4 Å². The van der Waals surface area contributed by atoms with Gasteiger partial charge in [-0.05, 0) is 42.5 Å². The predicted molar refractivity (Wildman–Crippen MR) is 94.5 cm³/mol. The molecule has 0 heterocycles. The van der Waals surface area contributed by atoms with Gasteiger partial charge in [0.2, 0.25) is 0 Å². The zero-order valence-corrected chi connectivity index (χ0v) is 13.9. The summed E-state index contributed by atoms with van der Waals surface area (Å²) in [6.45, 7) is 0. The fraction of sp³-hybridized carbons (Fsp3) is 0.118. The first-order valence-corrected chi connectivity index (χ1v) is 7.00. The number of ether oxygens (including phenoxy) is 2. The lowest BCUT2D eigenvalue weighted by Gasteiger charge is -2.00. The molecule has 0 atom stereocenters. The minimum absolute atomic E-state index is 0.428. The highest BCUT2D eigenvalue weighted by Crippen LogP contribution is 2.23. The predicted octanol–water partition coefficient (Wildman–Crippen LogP) is 3.45. The second-order valence-electron chi connectivity index (χ2n) is 4.26. The molecule has 2 aromatic rings. The van der Waals surface area contributed by atoms with Gasteiger partial charge in [-0.1, -0.05) is 0 Å². The summed E-state index contributed by atoms with van der Waals surface area (Å²) in [7, 11) is 3.09. The molecule has 0 spiro atoms. The van der Waals surface area contributed by atoms with Crippen LogP contribution in [0.5, 0.6) is 11.5 Å². The standard InChI is InChI=1S/C9H6N2OS.C8H8N2O/c1-12-8-2-3-9(11-6-13)7(4-8)5-10;1-11-7-2-3-8(10)6(4-7)5-9/h2-4H,1H3;2-4H,10H2,1H3. The lowest BCUT2D eigenvalue weighted by atomic mass is 10.2. The third-order valence-corrected chi connectivity index (χ3v) is 2.96. The molecular weight excluding hydrogens is 324 g/mol. The van der Waals surface area contributed by atoms with Crippen LogP contribution in [-0.2, 0) is 0 Å². The lowest BCUT2D eigenvalue weighted by molar-refractivity contribution is 0.414. The molecule has 0 aromatic heterocycles. The molecule has 2 aromatic carbocycles. The molecule has 0 fully saturated rings. The van der Waals surface area contributed by atoms with Crippen molar-refractivity contribution >= 4 is 28.8 Å². The van der Waals surface area contributed by atoms with E-state index in [1.807, 2.05) is 12.1 Å².